The van der Waals surface area contributed by atoms with Gasteiger partial charge in [-0.15, -0.1) is 0 Å². The number of nitriles is 1. The summed E-state index contributed by atoms with van der Waals surface area (Å²) in [6.45, 7) is 7.12. The van der Waals surface area contributed by atoms with Gasteiger partial charge in [0.25, 0.3) is 5.70 Å². The summed E-state index contributed by atoms with van der Waals surface area (Å²) >= 11 is 0. The van der Waals surface area contributed by atoms with E-state index in [-0.39, 0.29) is 11.3 Å². The maximum Gasteiger partial charge on any atom is 0.346 e. The Balaban J connectivity index is 1.52. The van der Waals surface area contributed by atoms with Crippen molar-refractivity contribution < 1.29 is 19.8 Å². The second kappa shape index (κ2) is 14.0. The normalized spacial score (nSPS) is 11.2. The molecule has 2 N–H and O–H groups in total. The Morgan fingerprint density at radius 2 is 0.913 bits per heavy atom. The lowest BCUT2D eigenvalue weighted by Crippen LogP contribution is -2.12. The Hall–Kier alpha value is -6.90. The van der Waals surface area contributed by atoms with Crippen LogP contribution in [0.15, 0.2) is 145 Å². The second-order valence-electron chi connectivity index (χ2n) is 9.96. The minimum absolute atomic E-state index is 0.342. The number of carboxylic acids is 2. The fourth-order valence-corrected chi connectivity index (χ4v) is 4.85. The summed E-state index contributed by atoms with van der Waals surface area (Å²) < 4.78 is 0. The van der Waals surface area contributed by atoms with Crippen LogP contribution in [0.25, 0.3) is 17.0 Å². The summed E-state index contributed by atoms with van der Waals surface area (Å²) in [5.74, 6) is -2.55. The molecular weight excluding hydrogens is 576 g/mol. The van der Waals surface area contributed by atoms with Crippen LogP contribution in [0.3, 0.4) is 0 Å². The molecule has 0 saturated carbocycles. The smallest absolute Gasteiger partial charge is 0.346 e. The van der Waals surface area contributed by atoms with Crippen molar-refractivity contribution >= 4 is 58.2 Å². The molecule has 8 heteroatoms. The van der Waals surface area contributed by atoms with E-state index in [2.05, 4.69) is 14.6 Å². The summed E-state index contributed by atoms with van der Waals surface area (Å²) in [5, 5.41) is 27.6. The number of hydrogen-bond acceptors (Lipinski definition) is 5. The minimum Gasteiger partial charge on any atom is -0.486 e. The average molecular weight is 603 g/mol. The number of benzene rings is 5. The SMILES string of the molecule is [C-]#[N+]C(=Cc1ccc(N(c2ccccc2)c2ccc(N(c3ccccc3)c3ccc(C=C(C#N)C(=O)O)cc3)cc2)cc1)C(=O)O. The van der Waals surface area contributed by atoms with Gasteiger partial charge in [-0.05, 0) is 96.1 Å². The molecule has 0 unspecified atom stereocenters. The molecular formula is C38H26N4O4. The van der Waals surface area contributed by atoms with Gasteiger partial charge >= 0.3 is 11.9 Å². The zero-order chi connectivity index (χ0) is 32.5. The van der Waals surface area contributed by atoms with Gasteiger partial charge in [0.1, 0.15) is 11.6 Å². The lowest BCUT2D eigenvalue weighted by atomic mass is 10.1. The molecule has 5 rings (SSSR count). The Labute approximate surface area is 266 Å². The van der Waals surface area contributed by atoms with Gasteiger partial charge in [-0.3, -0.25) is 4.79 Å². The molecule has 8 nitrogen and oxygen atoms in total. The third-order valence-electron chi connectivity index (χ3n) is 7.00. The van der Waals surface area contributed by atoms with Crippen LogP contribution in [-0.2, 0) is 9.59 Å². The minimum atomic E-state index is -1.28. The van der Waals surface area contributed by atoms with Crippen LogP contribution in [0.4, 0.5) is 34.1 Å². The molecule has 0 fully saturated rings. The van der Waals surface area contributed by atoms with Crippen molar-refractivity contribution in [2.45, 2.75) is 0 Å². The highest BCUT2D eigenvalue weighted by atomic mass is 16.4. The number of para-hydroxylation sites is 2. The summed E-state index contributed by atoms with van der Waals surface area (Å²) in [6.07, 6.45) is 2.68. The lowest BCUT2D eigenvalue weighted by Gasteiger charge is -2.28. The number of carboxylic acid groups (broad SMARTS) is 2. The van der Waals surface area contributed by atoms with Gasteiger partial charge in [0.05, 0.1) is 6.57 Å². The molecule has 0 aliphatic rings. The Kier molecular flexibility index (Phi) is 9.33. The molecule has 0 radical (unpaired) electrons. The maximum absolute atomic E-state index is 11.3. The van der Waals surface area contributed by atoms with Crippen molar-refractivity contribution in [3.05, 3.63) is 167 Å². The van der Waals surface area contributed by atoms with Crippen molar-refractivity contribution in [2.75, 3.05) is 9.80 Å². The lowest BCUT2D eigenvalue weighted by molar-refractivity contribution is -0.133. The first-order valence-electron chi connectivity index (χ1n) is 14.1. The zero-order valence-corrected chi connectivity index (χ0v) is 24.4. The quantitative estimate of drug-likeness (QED) is 0.0933. The van der Waals surface area contributed by atoms with Gasteiger partial charge in [0.15, 0.2) is 0 Å². The van der Waals surface area contributed by atoms with E-state index in [4.69, 9.17) is 11.8 Å². The summed E-state index contributed by atoms with van der Waals surface area (Å²) in [6, 6.07) is 44.0. The molecule has 0 bridgehead atoms. The fourth-order valence-electron chi connectivity index (χ4n) is 4.85. The molecule has 5 aromatic carbocycles. The molecule has 0 atom stereocenters. The predicted molar refractivity (Wildman–Crippen MR) is 179 cm³/mol. The Bertz CT molecular complexity index is 1840. The van der Waals surface area contributed by atoms with Crippen LogP contribution >= 0.6 is 0 Å². The van der Waals surface area contributed by atoms with E-state index in [0.29, 0.717) is 11.1 Å². The van der Waals surface area contributed by atoms with Crippen LogP contribution in [-0.4, -0.2) is 22.2 Å². The topological polar surface area (TPSA) is 109 Å². The predicted octanol–water partition coefficient (Wildman–Crippen LogP) is 8.96. The average Bonchev–Trinajstić information content (AvgIpc) is 3.09. The summed E-state index contributed by atoms with van der Waals surface area (Å²) in [4.78, 5) is 29.8. The van der Waals surface area contributed by atoms with Crippen LogP contribution in [0.1, 0.15) is 11.1 Å². The Morgan fingerprint density at radius 1 is 0.565 bits per heavy atom. The Morgan fingerprint density at radius 3 is 1.24 bits per heavy atom. The van der Waals surface area contributed by atoms with Crippen LogP contribution in [0.5, 0.6) is 0 Å². The van der Waals surface area contributed by atoms with Gasteiger partial charge in [-0.2, -0.15) is 5.26 Å². The van der Waals surface area contributed by atoms with Crippen LogP contribution in [0, 0.1) is 17.9 Å². The van der Waals surface area contributed by atoms with E-state index < -0.39 is 11.9 Å². The van der Waals surface area contributed by atoms with Crippen LogP contribution in [0.2, 0.25) is 0 Å². The number of anilines is 6. The number of hydrogen-bond donors (Lipinski definition) is 2. The first-order valence-corrected chi connectivity index (χ1v) is 14.1. The fraction of sp³-hybridized carbons (Fsp3) is 0. The molecule has 0 spiro atoms. The first-order chi connectivity index (χ1) is 22.4. The largest absolute Gasteiger partial charge is 0.486 e. The number of aliphatic carboxylic acids is 2. The molecule has 0 heterocycles. The number of rotatable bonds is 10. The number of nitrogens with zero attached hydrogens (tertiary/aromatic N) is 4. The van der Waals surface area contributed by atoms with E-state index in [9.17, 15) is 19.8 Å². The summed E-state index contributed by atoms with van der Waals surface area (Å²) in [5.41, 5.74) is 5.80. The first kappa shape index (κ1) is 30.6. The van der Waals surface area contributed by atoms with E-state index in [0.717, 1.165) is 34.1 Å². The van der Waals surface area contributed by atoms with Crippen molar-refractivity contribution in [3.8, 4) is 6.07 Å². The van der Waals surface area contributed by atoms with Crippen molar-refractivity contribution in [1.82, 2.24) is 0 Å². The third-order valence-corrected chi connectivity index (χ3v) is 7.00. The van der Waals surface area contributed by atoms with Crippen molar-refractivity contribution in [2.24, 2.45) is 0 Å². The van der Waals surface area contributed by atoms with E-state index >= 15 is 0 Å². The van der Waals surface area contributed by atoms with Gasteiger partial charge < -0.3 is 20.0 Å². The highest BCUT2D eigenvalue weighted by Crippen LogP contribution is 2.39. The standard InChI is InChI=1S/C38H26N4O4/c1-40-36(38(45)46)25-28-14-18-33(19-15-28)42(31-10-6-3-7-11-31)35-22-20-34(21-23-35)41(30-8-4-2-5-9-30)32-16-12-27(13-17-32)24-29(26-39)37(43)44/h2-25H,(H,43,44)(H,45,46). The molecule has 0 amide bonds. The molecule has 0 aliphatic heterocycles. The van der Waals surface area contributed by atoms with E-state index in [1.165, 1.54) is 12.2 Å². The molecule has 46 heavy (non-hydrogen) atoms. The second-order valence-corrected chi connectivity index (χ2v) is 9.96. The summed E-state index contributed by atoms with van der Waals surface area (Å²) in [7, 11) is 0. The van der Waals surface area contributed by atoms with Gasteiger partial charge in [-0.1, -0.05) is 60.7 Å². The molecule has 0 saturated heterocycles. The highest BCUT2D eigenvalue weighted by Gasteiger charge is 2.16. The zero-order valence-electron chi connectivity index (χ0n) is 24.4. The molecule has 222 valence electrons. The van der Waals surface area contributed by atoms with E-state index in [1.807, 2.05) is 109 Å². The van der Waals surface area contributed by atoms with Crippen molar-refractivity contribution in [3.63, 3.8) is 0 Å². The van der Waals surface area contributed by atoms with Gasteiger partial charge in [-0.25, -0.2) is 9.64 Å². The van der Waals surface area contributed by atoms with E-state index in [1.54, 1.807) is 30.3 Å². The third kappa shape index (κ3) is 7.00. The highest BCUT2D eigenvalue weighted by molar-refractivity contribution is 5.96. The monoisotopic (exact) mass is 602 g/mol. The van der Waals surface area contributed by atoms with Gasteiger partial charge in [0.2, 0.25) is 0 Å². The van der Waals surface area contributed by atoms with Gasteiger partial charge in [0, 0.05) is 34.1 Å². The van der Waals surface area contributed by atoms with Crippen molar-refractivity contribution in [1.29, 1.82) is 5.26 Å². The molecule has 5 aromatic rings. The molecule has 0 aromatic heterocycles. The van der Waals surface area contributed by atoms with Crippen LogP contribution < -0.4 is 9.80 Å². The maximum atomic E-state index is 11.3. The molecule has 0 aliphatic carbocycles. The number of carbonyl (C=O) groups is 2.